The lowest BCUT2D eigenvalue weighted by Gasteiger charge is -2.33. The van der Waals surface area contributed by atoms with Crippen LogP contribution in [0.25, 0.3) is 11.3 Å². The van der Waals surface area contributed by atoms with Crippen LogP contribution >= 0.6 is 11.6 Å². The van der Waals surface area contributed by atoms with Crippen LogP contribution in [0.2, 0.25) is 5.02 Å². The molecule has 3 heterocycles. The topological polar surface area (TPSA) is 122 Å². The van der Waals surface area contributed by atoms with Gasteiger partial charge in [0.1, 0.15) is 5.69 Å². The Hall–Kier alpha value is -3.27. The zero-order valence-electron chi connectivity index (χ0n) is 17.1. The van der Waals surface area contributed by atoms with Crippen molar-refractivity contribution in [1.82, 2.24) is 40.6 Å². The molecule has 10 nitrogen and oxygen atoms in total. The average molecular weight is 443 g/mol. The fourth-order valence-electron chi connectivity index (χ4n) is 3.62. The molecule has 2 aromatic heterocycles. The molecule has 31 heavy (non-hydrogen) atoms. The van der Waals surface area contributed by atoms with Crippen LogP contribution in [-0.2, 0) is 11.3 Å². The summed E-state index contributed by atoms with van der Waals surface area (Å²) in [4.78, 5) is 27.1. The SMILES string of the molecule is CCCCC1CN(CC(=O)NCc2nn[nH]n2)C(=O)c2cc(-c3ccc(Cl)cc3)nn21. The van der Waals surface area contributed by atoms with E-state index in [1.165, 1.54) is 0 Å². The van der Waals surface area contributed by atoms with E-state index >= 15 is 0 Å². The maximum absolute atomic E-state index is 13.1. The van der Waals surface area contributed by atoms with E-state index in [1.54, 1.807) is 23.1 Å². The monoisotopic (exact) mass is 442 g/mol. The summed E-state index contributed by atoms with van der Waals surface area (Å²) in [6.07, 6.45) is 2.92. The van der Waals surface area contributed by atoms with E-state index < -0.39 is 0 Å². The third-order valence-electron chi connectivity index (χ3n) is 5.22. The first-order valence-electron chi connectivity index (χ1n) is 10.2. The fourth-order valence-corrected chi connectivity index (χ4v) is 3.75. The highest BCUT2D eigenvalue weighted by molar-refractivity contribution is 6.30. The molecule has 0 bridgehead atoms. The van der Waals surface area contributed by atoms with Gasteiger partial charge in [0, 0.05) is 17.1 Å². The van der Waals surface area contributed by atoms with Crippen LogP contribution in [0.4, 0.5) is 0 Å². The lowest BCUT2D eigenvalue weighted by molar-refractivity contribution is -0.122. The Morgan fingerprint density at radius 2 is 2.13 bits per heavy atom. The molecule has 162 valence electrons. The number of amides is 2. The second kappa shape index (κ2) is 9.25. The molecular weight excluding hydrogens is 420 g/mol. The van der Waals surface area contributed by atoms with Crippen molar-refractivity contribution >= 4 is 23.4 Å². The van der Waals surface area contributed by atoms with E-state index in [2.05, 4.69) is 32.9 Å². The average Bonchev–Trinajstić information content (AvgIpc) is 3.44. The van der Waals surface area contributed by atoms with Gasteiger partial charge < -0.3 is 10.2 Å². The van der Waals surface area contributed by atoms with E-state index in [9.17, 15) is 9.59 Å². The van der Waals surface area contributed by atoms with E-state index in [4.69, 9.17) is 16.7 Å². The van der Waals surface area contributed by atoms with E-state index in [0.29, 0.717) is 28.8 Å². The highest BCUT2D eigenvalue weighted by atomic mass is 35.5. The first-order chi connectivity index (χ1) is 15.0. The second-order valence-electron chi connectivity index (χ2n) is 7.45. The lowest BCUT2D eigenvalue weighted by atomic mass is 10.1. The van der Waals surface area contributed by atoms with Gasteiger partial charge in [-0.1, -0.05) is 48.7 Å². The van der Waals surface area contributed by atoms with Crippen LogP contribution in [-0.4, -0.2) is 60.2 Å². The number of hydrogen-bond acceptors (Lipinski definition) is 6. The normalized spacial score (nSPS) is 15.7. The molecule has 1 aliphatic heterocycles. The number of unbranched alkanes of at least 4 members (excludes halogenated alkanes) is 1. The molecule has 1 aliphatic rings. The van der Waals surface area contributed by atoms with Gasteiger partial charge in [-0.3, -0.25) is 14.3 Å². The molecule has 1 aromatic carbocycles. The first-order valence-corrected chi connectivity index (χ1v) is 10.6. The molecule has 0 aliphatic carbocycles. The summed E-state index contributed by atoms with van der Waals surface area (Å²) >= 11 is 5.99. The Labute approximate surface area is 184 Å². The number of nitrogens with one attached hydrogen (secondary N) is 2. The number of H-pyrrole nitrogens is 1. The Morgan fingerprint density at radius 3 is 2.84 bits per heavy atom. The molecule has 0 fully saturated rings. The fraction of sp³-hybridized carbons (Fsp3) is 0.400. The van der Waals surface area contributed by atoms with Crippen molar-refractivity contribution in [2.75, 3.05) is 13.1 Å². The summed E-state index contributed by atoms with van der Waals surface area (Å²) in [5, 5.41) is 21.5. The summed E-state index contributed by atoms with van der Waals surface area (Å²) in [5.74, 6) is -0.113. The van der Waals surface area contributed by atoms with Crippen LogP contribution < -0.4 is 5.32 Å². The van der Waals surface area contributed by atoms with Crippen molar-refractivity contribution in [3.8, 4) is 11.3 Å². The minimum Gasteiger partial charge on any atom is -0.347 e. The second-order valence-corrected chi connectivity index (χ2v) is 7.89. The molecule has 2 N–H and O–H groups in total. The van der Waals surface area contributed by atoms with Crippen LogP contribution in [0.1, 0.15) is 48.5 Å². The predicted molar refractivity (Wildman–Crippen MR) is 113 cm³/mol. The first kappa shape index (κ1) is 21.0. The number of nitrogens with zero attached hydrogens (tertiary/aromatic N) is 6. The van der Waals surface area contributed by atoms with Gasteiger partial charge in [-0.05, 0) is 24.6 Å². The number of aromatic nitrogens is 6. The summed E-state index contributed by atoms with van der Waals surface area (Å²) in [6.45, 7) is 2.67. The summed E-state index contributed by atoms with van der Waals surface area (Å²) < 4.78 is 1.82. The van der Waals surface area contributed by atoms with Crippen LogP contribution in [0.3, 0.4) is 0 Å². The molecule has 0 radical (unpaired) electrons. The third-order valence-corrected chi connectivity index (χ3v) is 5.47. The third kappa shape index (κ3) is 4.74. The van der Waals surface area contributed by atoms with Crippen molar-refractivity contribution in [2.45, 2.75) is 38.8 Å². The molecule has 11 heteroatoms. The maximum Gasteiger partial charge on any atom is 0.272 e. The smallest absolute Gasteiger partial charge is 0.272 e. The Balaban J connectivity index is 1.53. The standard InChI is InChI=1S/C20H23ClN8O2/c1-2-3-4-15-11-28(12-19(30)22-10-18-23-26-27-24-18)20(31)17-9-16(25-29(15)17)13-5-7-14(21)8-6-13/h5-9,15H,2-4,10-12H2,1H3,(H,22,30)(H,23,24,26,27). The number of halogens is 1. The van der Waals surface area contributed by atoms with Crippen LogP contribution in [0.5, 0.6) is 0 Å². The van der Waals surface area contributed by atoms with Gasteiger partial charge in [0.2, 0.25) is 5.91 Å². The minimum atomic E-state index is -0.279. The van der Waals surface area contributed by atoms with Crippen molar-refractivity contribution in [2.24, 2.45) is 0 Å². The number of benzene rings is 1. The molecule has 2 amide bonds. The largest absolute Gasteiger partial charge is 0.347 e. The minimum absolute atomic E-state index is 0.0127. The van der Waals surface area contributed by atoms with E-state index in [1.807, 2.05) is 16.8 Å². The summed E-state index contributed by atoms with van der Waals surface area (Å²) in [6, 6.07) is 9.15. The lowest BCUT2D eigenvalue weighted by Crippen LogP contribution is -2.47. The number of aromatic amines is 1. The van der Waals surface area contributed by atoms with Gasteiger partial charge in [-0.25, -0.2) is 0 Å². The number of carbonyl (C=O) groups is 2. The molecular formula is C20H23ClN8O2. The van der Waals surface area contributed by atoms with Gasteiger partial charge in [0.15, 0.2) is 5.82 Å². The maximum atomic E-state index is 13.1. The number of tetrazole rings is 1. The van der Waals surface area contributed by atoms with Crippen molar-refractivity contribution in [3.63, 3.8) is 0 Å². The number of hydrogen-bond donors (Lipinski definition) is 2. The predicted octanol–water partition coefficient (Wildman–Crippen LogP) is 2.22. The van der Waals surface area contributed by atoms with Gasteiger partial charge in [0.25, 0.3) is 5.91 Å². The molecule has 3 aromatic rings. The van der Waals surface area contributed by atoms with E-state index in [-0.39, 0.29) is 30.9 Å². The molecule has 0 spiro atoms. The zero-order chi connectivity index (χ0) is 21.8. The van der Waals surface area contributed by atoms with Crippen molar-refractivity contribution < 1.29 is 9.59 Å². The van der Waals surface area contributed by atoms with Gasteiger partial charge in [-0.2, -0.15) is 10.3 Å². The highest BCUT2D eigenvalue weighted by Gasteiger charge is 2.33. The molecule has 0 saturated heterocycles. The number of rotatable bonds is 8. The number of fused-ring (bicyclic) bond motifs is 1. The van der Waals surface area contributed by atoms with Crippen LogP contribution in [0, 0.1) is 0 Å². The molecule has 0 saturated carbocycles. The number of carbonyl (C=O) groups excluding carboxylic acids is 2. The van der Waals surface area contributed by atoms with Crippen molar-refractivity contribution in [1.29, 1.82) is 0 Å². The highest BCUT2D eigenvalue weighted by Crippen LogP contribution is 2.29. The molecule has 1 unspecified atom stereocenters. The van der Waals surface area contributed by atoms with Gasteiger partial charge in [-0.15, -0.1) is 10.2 Å². The van der Waals surface area contributed by atoms with Gasteiger partial charge >= 0.3 is 0 Å². The van der Waals surface area contributed by atoms with Crippen molar-refractivity contribution in [3.05, 3.63) is 46.9 Å². The molecule has 4 rings (SSSR count). The Morgan fingerprint density at radius 1 is 1.32 bits per heavy atom. The van der Waals surface area contributed by atoms with E-state index in [0.717, 1.165) is 24.8 Å². The quantitative estimate of drug-likeness (QED) is 0.551. The summed E-state index contributed by atoms with van der Waals surface area (Å²) in [5.41, 5.74) is 2.09. The Kier molecular flexibility index (Phi) is 6.26. The summed E-state index contributed by atoms with van der Waals surface area (Å²) in [7, 11) is 0. The van der Waals surface area contributed by atoms with Gasteiger partial charge in [0.05, 0.1) is 24.8 Å². The Bertz CT molecular complexity index is 1050. The van der Waals surface area contributed by atoms with Crippen LogP contribution in [0.15, 0.2) is 30.3 Å². The zero-order valence-corrected chi connectivity index (χ0v) is 17.8. The molecule has 1 atom stereocenters.